The summed E-state index contributed by atoms with van der Waals surface area (Å²) in [4.78, 5) is 12.2. The first-order valence-electron chi connectivity index (χ1n) is 8.39. The molecule has 0 radical (unpaired) electrons. The van der Waals surface area contributed by atoms with Gasteiger partial charge in [-0.15, -0.1) is 12.4 Å². The van der Waals surface area contributed by atoms with Gasteiger partial charge in [-0.05, 0) is 30.0 Å². The number of hydrogen-bond donors (Lipinski definition) is 3. The normalized spacial score (nSPS) is 14.9. The minimum absolute atomic E-state index is 0. The van der Waals surface area contributed by atoms with Crippen LogP contribution in [0.2, 0.25) is 0 Å². The van der Waals surface area contributed by atoms with Gasteiger partial charge < -0.3 is 11.1 Å². The van der Waals surface area contributed by atoms with E-state index >= 15 is 0 Å². The molecule has 0 saturated heterocycles. The standard InChI is InChI=1S/C18H24N4O.ClH/c19-12-14-6-8-15(9-7-14)18(23)20-17-11-16(21-22-17)10-13-4-2-1-3-5-13;/h6-9,11,13H,1-5,10,12,19H2,(H2,20,21,22,23);1H. The largest absolute Gasteiger partial charge is 0.326 e. The minimum Gasteiger partial charge on any atom is -0.326 e. The van der Waals surface area contributed by atoms with Crippen LogP contribution >= 0.6 is 12.4 Å². The molecule has 5 nitrogen and oxygen atoms in total. The van der Waals surface area contributed by atoms with E-state index < -0.39 is 0 Å². The van der Waals surface area contributed by atoms with Gasteiger partial charge in [-0.1, -0.05) is 44.2 Å². The van der Waals surface area contributed by atoms with Gasteiger partial charge in [-0.25, -0.2) is 0 Å². The molecule has 2 aromatic rings. The number of nitrogens with zero attached hydrogens (tertiary/aromatic N) is 1. The van der Waals surface area contributed by atoms with Crippen LogP contribution in [0.15, 0.2) is 30.3 Å². The molecule has 0 atom stereocenters. The zero-order chi connectivity index (χ0) is 16.1. The number of hydrogen-bond acceptors (Lipinski definition) is 3. The predicted octanol–water partition coefficient (Wildman–Crippen LogP) is 3.67. The van der Waals surface area contributed by atoms with Crippen molar-refractivity contribution in [3.8, 4) is 0 Å². The highest BCUT2D eigenvalue weighted by atomic mass is 35.5. The van der Waals surface area contributed by atoms with Gasteiger partial charge in [0, 0.05) is 23.9 Å². The van der Waals surface area contributed by atoms with Crippen molar-refractivity contribution in [1.29, 1.82) is 0 Å². The van der Waals surface area contributed by atoms with E-state index in [0.717, 1.165) is 23.6 Å². The third kappa shape index (κ3) is 4.82. The van der Waals surface area contributed by atoms with Crippen molar-refractivity contribution in [3.05, 3.63) is 47.2 Å². The van der Waals surface area contributed by atoms with Gasteiger partial charge in [0.1, 0.15) is 0 Å². The second-order valence-electron chi connectivity index (χ2n) is 6.34. The van der Waals surface area contributed by atoms with Gasteiger partial charge in [0.25, 0.3) is 5.91 Å². The SMILES string of the molecule is Cl.NCc1ccc(C(=O)Nc2cc(CC3CCCCC3)[nH]n2)cc1. The highest BCUT2D eigenvalue weighted by Gasteiger charge is 2.15. The van der Waals surface area contributed by atoms with Crippen LogP contribution in [-0.4, -0.2) is 16.1 Å². The maximum atomic E-state index is 12.2. The molecule has 1 aliphatic rings. The van der Waals surface area contributed by atoms with Crippen LogP contribution in [0.4, 0.5) is 5.82 Å². The summed E-state index contributed by atoms with van der Waals surface area (Å²) in [6, 6.07) is 9.25. The summed E-state index contributed by atoms with van der Waals surface area (Å²) >= 11 is 0. The van der Waals surface area contributed by atoms with Crippen molar-refractivity contribution < 1.29 is 4.79 Å². The molecule has 24 heavy (non-hydrogen) atoms. The lowest BCUT2D eigenvalue weighted by Crippen LogP contribution is -2.12. The van der Waals surface area contributed by atoms with E-state index in [1.54, 1.807) is 12.1 Å². The van der Waals surface area contributed by atoms with Crippen molar-refractivity contribution in [1.82, 2.24) is 10.2 Å². The lowest BCUT2D eigenvalue weighted by atomic mass is 9.86. The summed E-state index contributed by atoms with van der Waals surface area (Å²) in [7, 11) is 0. The molecule has 3 rings (SSSR count). The summed E-state index contributed by atoms with van der Waals surface area (Å²) in [6.07, 6.45) is 7.66. The number of carbonyl (C=O) groups excluding carboxylic acids is 1. The number of halogens is 1. The lowest BCUT2D eigenvalue weighted by Gasteiger charge is -2.20. The van der Waals surface area contributed by atoms with Crippen molar-refractivity contribution in [2.75, 3.05) is 5.32 Å². The second-order valence-corrected chi connectivity index (χ2v) is 6.34. The first-order valence-corrected chi connectivity index (χ1v) is 8.39. The first kappa shape index (κ1) is 18.5. The summed E-state index contributed by atoms with van der Waals surface area (Å²) in [5, 5.41) is 10.1. The fraction of sp³-hybridized carbons (Fsp3) is 0.444. The van der Waals surface area contributed by atoms with Crippen LogP contribution in [0.1, 0.15) is 53.7 Å². The Morgan fingerprint density at radius 3 is 2.58 bits per heavy atom. The molecule has 1 heterocycles. The Labute approximate surface area is 148 Å². The predicted molar refractivity (Wildman–Crippen MR) is 98.4 cm³/mol. The fourth-order valence-electron chi connectivity index (χ4n) is 3.21. The van der Waals surface area contributed by atoms with Crippen molar-refractivity contribution >= 4 is 24.1 Å². The monoisotopic (exact) mass is 348 g/mol. The van der Waals surface area contributed by atoms with E-state index in [4.69, 9.17) is 5.73 Å². The average Bonchev–Trinajstić information content (AvgIpc) is 3.02. The molecule has 0 spiro atoms. The molecule has 0 bridgehead atoms. The van der Waals surface area contributed by atoms with Crippen LogP contribution in [0, 0.1) is 5.92 Å². The molecule has 1 aromatic heterocycles. The van der Waals surface area contributed by atoms with Crippen LogP contribution < -0.4 is 11.1 Å². The number of anilines is 1. The highest BCUT2D eigenvalue weighted by molar-refractivity contribution is 6.03. The molecule has 1 amide bonds. The Morgan fingerprint density at radius 1 is 1.21 bits per heavy atom. The number of aromatic nitrogens is 2. The Kier molecular flexibility index (Phi) is 6.82. The van der Waals surface area contributed by atoms with Gasteiger partial charge in [0.2, 0.25) is 0 Å². The van der Waals surface area contributed by atoms with Crippen molar-refractivity contribution in [3.63, 3.8) is 0 Å². The third-order valence-corrected chi connectivity index (χ3v) is 4.56. The number of carbonyl (C=O) groups is 1. The molecule has 4 N–H and O–H groups in total. The second kappa shape index (κ2) is 8.85. The molecule has 130 valence electrons. The Bertz CT molecular complexity index is 647. The molecule has 1 saturated carbocycles. The molecule has 6 heteroatoms. The van der Waals surface area contributed by atoms with Crippen LogP contribution in [-0.2, 0) is 13.0 Å². The molecular formula is C18H25ClN4O. The molecule has 1 aliphatic carbocycles. The van der Waals surface area contributed by atoms with Crippen molar-refractivity contribution in [2.45, 2.75) is 45.1 Å². The smallest absolute Gasteiger partial charge is 0.256 e. The van der Waals surface area contributed by atoms with Crippen LogP contribution in [0.25, 0.3) is 0 Å². The third-order valence-electron chi connectivity index (χ3n) is 4.56. The van der Waals surface area contributed by atoms with E-state index in [2.05, 4.69) is 15.5 Å². The number of aromatic amines is 1. The van der Waals surface area contributed by atoms with Gasteiger partial charge in [0.15, 0.2) is 5.82 Å². The highest BCUT2D eigenvalue weighted by Crippen LogP contribution is 2.26. The van der Waals surface area contributed by atoms with Gasteiger partial charge in [-0.3, -0.25) is 9.89 Å². The maximum Gasteiger partial charge on any atom is 0.256 e. The number of rotatable bonds is 5. The Balaban J connectivity index is 0.00000208. The van der Waals surface area contributed by atoms with E-state index in [9.17, 15) is 4.79 Å². The van der Waals surface area contributed by atoms with Crippen molar-refractivity contribution in [2.24, 2.45) is 11.7 Å². The van der Waals surface area contributed by atoms with Crippen LogP contribution in [0.5, 0.6) is 0 Å². The zero-order valence-corrected chi connectivity index (χ0v) is 14.6. The van der Waals surface area contributed by atoms with Gasteiger partial charge >= 0.3 is 0 Å². The number of H-pyrrole nitrogens is 1. The van der Waals surface area contributed by atoms with Gasteiger partial charge in [0.05, 0.1) is 0 Å². The Hall–Kier alpha value is -1.85. The van der Waals surface area contributed by atoms with E-state index in [0.29, 0.717) is 17.9 Å². The summed E-state index contributed by atoms with van der Waals surface area (Å²) < 4.78 is 0. The van der Waals surface area contributed by atoms with E-state index in [1.807, 2.05) is 18.2 Å². The van der Waals surface area contributed by atoms with E-state index in [1.165, 1.54) is 32.1 Å². The lowest BCUT2D eigenvalue weighted by molar-refractivity contribution is 0.102. The first-order chi connectivity index (χ1) is 11.2. The fourth-order valence-corrected chi connectivity index (χ4v) is 3.21. The molecule has 0 unspecified atom stereocenters. The molecule has 0 aliphatic heterocycles. The molecular weight excluding hydrogens is 324 g/mol. The summed E-state index contributed by atoms with van der Waals surface area (Å²) in [5.74, 6) is 1.18. The summed E-state index contributed by atoms with van der Waals surface area (Å²) in [6.45, 7) is 0.478. The van der Waals surface area contributed by atoms with Crippen LogP contribution in [0.3, 0.4) is 0 Å². The number of benzene rings is 1. The quantitative estimate of drug-likeness (QED) is 0.770. The molecule has 1 aromatic carbocycles. The topological polar surface area (TPSA) is 83.8 Å². The number of nitrogens with one attached hydrogen (secondary N) is 2. The summed E-state index contributed by atoms with van der Waals surface area (Å²) in [5.41, 5.74) is 8.29. The van der Waals surface area contributed by atoms with Gasteiger partial charge in [-0.2, -0.15) is 5.10 Å². The minimum atomic E-state index is -0.149. The maximum absolute atomic E-state index is 12.2. The Morgan fingerprint density at radius 2 is 1.92 bits per heavy atom. The zero-order valence-electron chi connectivity index (χ0n) is 13.8. The number of nitrogens with two attached hydrogens (primary N) is 1. The molecule has 1 fully saturated rings. The van der Waals surface area contributed by atoms with E-state index in [-0.39, 0.29) is 18.3 Å². The average molecular weight is 349 g/mol. The number of amides is 1.